The summed E-state index contributed by atoms with van der Waals surface area (Å²) in [4.78, 5) is 9.75. The minimum absolute atomic E-state index is 0.228. The molecule has 1 aromatic heterocycles. The van der Waals surface area contributed by atoms with Crippen LogP contribution in [0.15, 0.2) is 70.6 Å². The maximum atomic E-state index is 12.9. The molecule has 1 aliphatic rings. The number of para-hydroxylation sites is 1. The van der Waals surface area contributed by atoms with Gasteiger partial charge in [-0.25, -0.2) is 8.42 Å². The molecule has 5 nitrogen and oxygen atoms in total. The summed E-state index contributed by atoms with van der Waals surface area (Å²) in [6.07, 6.45) is 5.30. The predicted molar refractivity (Wildman–Crippen MR) is 112 cm³/mol. The molecule has 0 N–H and O–H groups in total. The molecule has 0 saturated carbocycles. The first kappa shape index (κ1) is 18.9. The lowest BCUT2D eigenvalue weighted by Crippen LogP contribution is -2.48. The van der Waals surface area contributed by atoms with Crippen LogP contribution in [0.4, 0.5) is 5.69 Å². The monoisotopic (exact) mass is 395 g/mol. The topological polar surface area (TPSA) is 53.5 Å². The van der Waals surface area contributed by atoms with Gasteiger partial charge >= 0.3 is 0 Å². The Hall–Kier alpha value is -2.44. The lowest BCUT2D eigenvalue weighted by atomic mass is 10.0. The molecule has 6 heteroatoms. The molecule has 0 aliphatic carbocycles. The first-order chi connectivity index (χ1) is 13.5. The van der Waals surface area contributed by atoms with E-state index in [0.29, 0.717) is 6.17 Å². The third-order valence-electron chi connectivity index (χ3n) is 5.41. The Morgan fingerprint density at radius 2 is 1.79 bits per heavy atom. The zero-order valence-electron chi connectivity index (χ0n) is 16.2. The summed E-state index contributed by atoms with van der Waals surface area (Å²) in [5.74, 6) is 0. The lowest BCUT2D eigenvalue weighted by Gasteiger charge is -2.41. The second-order valence-electron chi connectivity index (χ2n) is 7.47. The maximum absolute atomic E-state index is 12.9. The fraction of sp³-hybridized carbons (Fsp3) is 0.318. The van der Waals surface area contributed by atoms with Gasteiger partial charge in [0.25, 0.3) is 0 Å². The molecule has 2 heterocycles. The van der Waals surface area contributed by atoms with Crippen LogP contribution in [0.25, 0.3) is 10.9 Å². The van der Waals surface area contributed by atoms with Gasteiger partial charge in [0.1, 0.15) is 0 Å². The molecule has 1 unspecified atom stereocenters. The highest BCUT2D eigenvalue weighted by Gasteiger charge is 2.26. The van der Waals surface area contributed by atoms with Crippen LogP contribution < -0.4 is 4.90 Å². The van der Waals surface area contributed by atoms with Gasteiger partial charge in [0.2, 0.25) is 9.84 Å². The van der Waals surface area contributed by atoms with Crippen molar-refractivity contribution in [1.29, 1.82) is 0 Å². The fourth-order valence-electron chi connectivity index (χ4n) is 3.97. The minimum atomic E-state index is -3.58. The Morgan fingerprint density at radius 3 is 2.54 bits per heavy atom. The second kappa shape index (κ2) is 7.53. The van der Waals surface area contributed by atoms with Crippen LogP contribution in [0, 0.1) is 0 Å². The number of aromatic nitrogens is 1. The van der Waals surface area contributed by atoms with Crippen LogP contribution >= 0.6 is 0 Å². The Bertz CT molecular complexity index is 1080. The third kappa shape index (κ3) is 3.38. The van der Waals surface area contributed by atoms with Gasteiger partial charge in [-0.3, -0.25) is 9.88 Å². The smallest absolute Gasteiger partial charge is 0.208 e. The molecule has 28 heavy (non-hydrogen) atoms. The van der Waals surface area contributed by atoms with Gasteiger partial charge in [-0.05, 0) is 57.6 Å². The van der Waals surface area contributed by atoms with E-state index in [4.69, 9.17) is 0 Å². The molecule has 1 fully saturated rings. The molecular formula is C22H25N3O2S. The van der Waals surface area contributed by atoms with Gasteiger partial charge in [-0.2, -0.15) is 0 Å². The van der Waals surface area contributed by atoms with E-state index in [-0.39, 0.29) is 9.79 Å². The van der Waals surface area contributed by atoms with E-state index < -0.39 is 9.84 Å². The van der Waals surface area contributed by atoms with Crippen molar-refractivity contribution in [3.05, 3.63) is 60.8 Å². The number of hydrogen-bond donors (Lipinski definition) is 0. The quantitative estimate of drug-likeness (QED) is 0.670. The summed E-state index contributed by atoms with van der Waals surface area (Å²) in [5, 5.41) is 0.845. The normalized spacial score (nSPS) is 18.0. The van der Waals surface area contributed by atoms with Crippen LogP contribution in [0.3, 0.4) is 0 Å². The molecule has 2 aromatic carbocycles. The van der Waals surface area contributed by atoms with Crippen molar-refractivity contribution in [3.63, 3.8) is 0 Å². The zero-order valence-corrected chi connectivity index (χ0v) is 17.1. The van der Waals surface area contributed by atoms with E-state index in [1.165, 1.54) is 12.6 Å². The molecule has 0 amide bonds. The SMILES string of the molecule is CN(C)C1CCCCN1c1cccc2cc(S(=O)(=O)c3ccccc3)cnc12. The summed E-state index contributed by atoms with van der Waals surface area (Å²) in [6.45, 7) is 0.980. The first-order valence-electron chi connectivity index (χ1n) is 9.60. The van der Waals surface area contributed by atoms with Crippen LogP contribution in [0.5, 0.6) is 0 Å². The predicted octanol–water partition coefficient (Wildman–Crippen LogP) is 3.95. The molecule has 0 bridgehead atoms. The van der Waals surface area contributed by atoms with Gasteiger partial charge in [0.05, 0.1) is 27.2 Å². The van der Waals surface area contributed by atoms with E-state index in [9.17, 15) is 8.42 Å². The van der Waals surface area contributed by atoms with Crippen molar-refractivity contribution in [2.75, 3.05) is 25.5 Å². The fourth-order valence-corrected chi connectivity index (χ4v) is 5.23. The van der Waals surface area contributed by atoms with E-state index in [2.05, 4.69) is 34.9 Å². The first-order valence-corrected chi connectivity index (χ1v) is 11.1. The molecule has 3 aromatic rings. The highest BCUT2D eigenvalue weighted by atomic mass is 32.2. The number of benzene rings is 2. The number of piperidine rings is 1. The van der Waals surface area contributed by atoms with E-state index >= 15 is 0 Å². The Morgan fingerprint density at radius 1 is 1.00 bits per heavy atom. The van der Waals surface area contributed by atoms with Crippen LogP contribution in [-0.2, 0) is 9.84 Å². The summed E-state index contributed by atoms with van der Waals surface area (Å²) >= 11 is 0. The number of hydrogen-bond acceptors (Lipinski definition) is 5. The van der Waals surface area contributed by atoms with Crippen LogP contribution in [0.2, 0.25) is 0 Å². The second-order valence-corrected chi connectivity index (χ2v) is 9.42. The number of pyridine rings is 1. The van der Waals surface area contributed by atoms with Gasteiger partial charge < -0.3 is 4.90 Å². The van der Waals surface area contributed by atoms with Crippen LogP contribution in [0.1, 0.15) is 19.3 Å². The Kier molecular flexibility index (Phi) is 5.08. The summed E-state index contributed by atoms with van der Waals surface area (Å²) in [6, 6.07) is 16.3. The zero-order chi connectivity index (χ0) is 19.7. The van der Waals surface area contributed by atoms with Crippen molar-refractivity contribution in [2.45, 2.75) is 35.2 Å². The van der Waals surface area contributed by atoms with Crippen molar-refractivity contribution in [1.82, 2.24) is 9.88 Å². The van der Waals surface area contributed by atoms with Crippen molar-refractivity contribution in [2.24, 2.45) is 0 Å². The number of nitrogens with zero attached hydrogens (tertiary/aromatic N) is 3. The number of sulfone groups is 1. The van der Waals surface area contributed by atoms with Crippen LogP contribution in [-0.4, -0.2) is 45.1 Å². The lowest BCUT2D eigenvalue weighted by molar-refractivity contribution is 0.241. The molecular weight excluding hydrogens is 370 g/mol. The Labute approximate surface area is 166 Å². The van der Waals surface area contributed by atoms with Crippen molar-refractivity contribution >= 4 is 26.4 Å². The van der Waals surface area contributed by atoms with Crippen molar-refractivity contribution in [3.8, 4) is 0 Å². The highest BCUT2D eigenvalue weighted by molar-refractivity contribution is 7.91. The van der Waals surface area contributed by atoms with Gasteiger partial charge in [0.15, 0.2) is 0 Å². The molecule has 0 spiro atoms. The van der Waals surface area contributed by atoms with E-state index in [1.54, 1.807) is 30.3 Å². The summed E-state index contributed by atoms with van der Waals surface area (Å²) < 4.78 is 25.9. The van der Waals surface area contributed by atoms with Crippen molar-refractivity contribution < 1.29 is 8.42 Å². The molecule has 1 aliphatic heterocycles. The molecule has 0 radical (unpaired) electrons. The van der Waals surface area contributed by atoms with Gasteiger partial charge in [0, 0.05) is 18.1 Å². The standard InChI is InChI=1S/C22H25N3O2S/c1-24(2)21-13-6-7-14-25(21)20-12-8-9-17-15-19(16-23-22(17)20)28(26,27)18-10-4-3-5-11-18/h3-5,8-12,15-16,21H,6-7,13-14H2,1-2H3. The molecule has 1 saturated heterocycles. The summed E-state index contributed by atoms with van der Waals surface area (Å²) in [5.41, 5.74) is 1.92. The average Bonchev–Trinajstić information content (AvgIpc) is 2.73. The maximum Gasteiger partial charge on any atom is 0.208 e. The average molecular weight is 396 g/mol. The van der Waals surface area contributed by atoms with E-state index in [0.717, 1.165) is 36.0 Å². The number of rotatable bonds is 4. The number of fused-ring (bicyclic) bond motifs is 1. The molecule has 4 rings (SSSR count). The Balaban J connectivity index is 1.79. The largest absolute Gasteiger partial charge is 0.354 e. The van der Waals surface area contributed by atoms with Gasteiger partial charge in [-0.15, -0.1) is 0 Å². The molecule has 146 valence electrons. The number of anilines is 1. The third-order valence-corrected chi connectivity index (χ3v) is 7.14. The van der Waals surface area contributed by atoms with E-state index in [1.807, 2.05) is 18.2 Å². The summed E-state index contributed by atoms with van der Waals surface area (Å²) in [7, 11) is 0.630. The minimum Gasteiger partial charge on any atom is -0.354 e. The van der Waals surface area contributed by atoms with Gasteiger partial charge in [-0.1, -0.05) is 30.3 Å². The highest BCUT2D eigenvalue weighted by Crippen LogP contribution is 2.32. The molecule has 1 atom stereocenters.